The maximum absolute atomic E-state index is 12.6. The Kier molecular flexibility index (Phi) is 5.44. The molecule has 0 unspecified atom stereocenters. The molecule has 0 aliphatic carbocycles. The summed E-state index contributed by atoms with van der Waals surface area (Å²) in [6.45, 7) is 5.15. The van der Waals surface area contributed by atoms with E-state index in [1.807, 2.05) is 32.0 Å². The molecule has 0 radical (unpaired) electrons. The van der Waals surface area contributed by atoms with Crippen LogP contribution >= 0.6 is 0 Å². The second-order valence-electron chi connectivity index (χ2n) is 6.62. The normalized spacial score (nSPS) is 11.7. The summed E-state index contributed by atoms with van der Waals surface area (Å²) in [5, 5.41) is 5.68. The zero-order valence-corrected chi connectivity index (χ0v) is 15.9. The molecule has 7 heteroatoms. The number of nitrogens with zero attached hydrogens (tertiary/aromatic N) is 1. The number of anilines is 1. The molecule has 0 saturated heterocycles. The number of hydrogen-bond donors (Lipinski definition) is 3. The van der Waals surface area contributed by atoms with Gasteiger partial charge in [0.25, 0.3) is 5.91 Å². The number of carbonyl (C=O) groups is 2. The Hall–Kier alpha value is -3.61. The smallest absolute Gasteiger partial charge is 0.330 e. The van der Waals surface area contributed by atoms with Crippen molar-refractivity contribution < 1.29 is 9.59 Å². The van der Waals surface area contributed by atoms with E-state index in [4.69, 9.17) is 0 Å². The fourth-order valence-corrected chi connectivity index (χ4v) is 2.99. The van der Waals surface area contributed by atoms with Crippen LogP contribution < -0.4 is 16.3 Å². The van der Waals surface area contributed by atoms with E-state index in [2.05, 4.69) is 15.6 Å². The van der Waals surface area contributed by atoms with E-state index in [1.165, 1.54) is 11.5 Å². The third-order valence-electron chi connectivity index (χ3n) is 4.40. The number of carbonyl (C=O) groups excluding carboxylic acids is 2. The first kappa shape index (κ1) is 19.2. The Morgan fingerprint density at radius 3 is 2.43 bits per heavy atom. The topological polar surface area (TPSA) is 96.0 Å². The number of H-pyrrole nitrogens is 1. The zero-order chi connectivity index (χ0) is 20.3. The number of aromatic nitrogens is 2. The molecule has 2 amide bonds. The van der Waals surface area contributed by atoms with Gasteiger partial charge in [0.05, 0.1) is 11.7 Å². The molecule has 2 aromatic carbocycles. The summed E-state index contributed by atoms with van der Waals surface area (Å²) in [6.07, 6.45) is 1.64. The zero-order valence-electron chi connectivity index (χ0n) is 15.9. The van der Waals surface area contributed by atoms with Crippen molar-refractivity contribution in [3.63, 3.8) is 0 Å². The average Bonchev–Trinajstić information content (AvgIpc) is 3.00. The molecule has 1 heterocycles. The Morgan fingerprint density at radius 2 is 1.82 bits per heavy atom. The maximum Gasteiger partial charge on any atom is 0.330 e. The Balaban J connectivity index is 1.72. The van der Waals surface area contributed by atoms with E-state index in [9.17, 15) is 14.4 Å². The quantitative estimate of drug-likeness (QED) is 0.637. The van der Waals surface area contributed by atoms with E-state index >= 15 is 0 Å². The van der Waals surface area contributed by atoms with Crippen molar-refractivity contribution in [2.45, 2.75) is 26.8 Å². The predicted molar refractivity (Wildman–Crippen MR) is 108 cm³/mol. The first-order valence-corrected chi connectivity index (χ1v) is 8.91. The fraction of sp³-hybridized carbons (Fsp3) is 0.190. The highest BCUT2D eigenvalue weighted by atomic mass is 16.2. The molecule has 3 N–H and O–H groups in total. The van der Waals surface area contributed by atoms with Crippen LogP contribution in [0.2, 0.25) is 0 Å². The van der Waals surface area contributed by atoms with Crippen molar-refractivity contribution in [3.05, 3.63) is 82.0 Å². The third-order valence-corrected chi connectivity index (χ3v) is 4.40. The first-order valence-electron chi connectivity index (χ1n) is 8.91. The number of aryl methyl sites for hydroxylation is 1. The van der Waals surface area contributed by atoms with Crippen molar-refractivity contribution in [1.82, 2.24) is 14.9 Å². The monoisotopic (exact) mass is 378 g/mol. The summed E-state index contributed by atoms with van der Waals surface area (Å²) in [5.41, 5.74) is 3.32. The standard InChI is InChI=1S/C21H22N4O3/c1-13-12-22-21(28)25(13)19-9-7-16(8-10-19)20(27)23-14(2)17-5-4-6-18(11-17)24-15(3)26/h4-12,14H,1-3H3,(H,22,28)(H,23,27)(H,24,26)/t14-/m0/s1. The molecule has 144 valence electrons. The van der Waals surface area contributed by atoms with Crippen molar-refractivity contribution in [1.29, 1.82) is 0 Å². The van der Waals surface area contributed by atoms with Crippen LogP contribution in [0, 0.1) is 6.92 Å². The lowest BCUT2D eigenvalue weighted by molar-refractivity contribution is -0.114. The van der Waals surface area contributed by atoms with Crippen LogP contribution in [0.25, 0.3) is 5.69 Å². The van der Waals surface area contributed by atoms with Gasteiger partial charge < -0.3 is 15.6 Å². The van der Waals surface area contributed by atoms with Crippen LogP contribution in [0.5, 0.6) is 0 Å². The van der Waals surface area contributed by atoms with Crippen molar-refractivity contribution in [3.8, 4) is 5.69 Å². The van der Waals surface area contributed by atoms with Crippen LogP contribution in [0.3, 0.4) is 0 Å². The highest BCUT2D eigenvalue weighted by Crippen LogP contribution is 2.18. The molecule has 0 spiro atoms. The largest absolute Gasteiger partial charge is 0.346 e. The molecule has 0 saturated carbocycles. The maximum atomic E-state index is 12.6. The predicted octanol–water partition coefficient (Wildman–Crippen LogP) is 2.92. The molecule has 1 atom stereocenters. The number of aromatic amines is 1. The number of benzene rings is 2. The van der Waals surface area contributed by atoms with Gasteiger partial charge in [-0.1, -0.05) is 12.1 Å². The van der Waals surface area contributed by atoms with Gasteiger partial charge in [-0.15, -0.1) is 0 Å². The van der Waals surface area contributed by atoms with Gasteiger partial charge in [-0.05, 0) is 55.8 Å². The Morgan fingerprint density at radius 1 is 1.11 bits per heavy atom. The lowest BCUT2D eigenvalue weighted by Gasteiger charge is -2.16. The van der Waals surface area contributed by atoms with E-state index in [-0.39, 0.29) is 23.5 Å². The number of nitrogens with one attached hydrogen (secondary N) is 3. The summed E-state index contributed by atoms with van der Waals surface area (Å²) < 4.78 is 1.54. The SMILES string of the molecule is CC(=O)Nc1cccc([C@H](C)NC(=O)c2ccc(-n3c(C)c[nH]c3=O)cc2)c1. The molecule has 3 rings (SSSR count). The summed E-state index contributed by atoms with van der Waals surface area (Å²) in [4.78, 5) is 38.3. The molecular weight excluding hydrogens is 356 g/mol. The molecule has 0 fully saturated rings. The van der Waals surface area contributed by atoms with Crippen LogP contribution in [0.4, 0.5) is 5.69 Å². The molecule has 1 aromatic heterocycles. The first-order chi connectivity index (χ1) is 13.3. The molecular formula is C21H22N4O3. The van der Waals surface area contributed by atoms with Crippen LogP contribution in [-0.4, -0.2) is 21.4 Å². The Labute approximate surface area is 162 Å². The summed E-state index contributed by atoms with van der Waals surface area (Å²) in [6, 6.07) is 13.9. The molecule has 0 aliphatic heterocycles. The molecule has 28 heavy (non-hydrogen) atoms. The molecule has 3 aromatic rings. The molecule has 0 bridgehead atoms. The second kappa shape index (κ2) is 7.96. The summed E-state index contributed by atoms with van der Waals surface area (Å²) in [7, 11) is 0. The van der Waals surface area contributed by atoms with Crippen LogP contribution in [0.1, 0.15) is 41.5 Å². The van der Waals surface area contributed by atoms with Gasteiger partial charge in [0.15, 0.2) is 0 Å². The van der Waals surface area contributed by atoms with Crippen molar-refractivity contribution >= 4 is 17.5 Å². The van der Waals surface area contributed by atoms with E-state index in [1.54, 1.807) is 36.5 Å². The van der Waals surface area contributed by atoms with Crippen LogP contribution in [-0.2, 0) is 4.79 Å². The van der Waals surface area contributed by atoms with E-state index < -0.39 is 0 Å². The highest BCUT2D eigenvalue weighted by Gasteiger charge is 2.13. The van der Waals surface area contributed by atoms with Gasteiger partial charge in [0.2, 0.25) is 5.91 Å². The number of imidazole rings is 1. The fourth-order valence-electron chi connectivity index (χ4n) is 2.99. The number of amides is 2. The van der Waals surface area contributed by atoms with Crippen molar-refractivity contribution in [2.75, 3.05) is 5.32 Å². The van der Waals surface area contributed by atoms with Gasteiger partial charge in [-0.3, -0.25) is 14.2 Å². The third kappa shape index (κ3) is 4.20. The van der Waals surface area contributed by atoms with E-state index in [0.717, 1.165) is 11.3 Å². The Bertz CT molecular complexity index is 1060. The molecule has 0 aliphatic rings. The van der Waals surface area contributed by atoms with E-state index in [0.29, 0.717) is 16.9 Å². The summed E-state index contributed by atoms with van der Waals surface area (Å²) in [5.74, 6) is -0.368. The van der Waals surface area contributed by atoms with Crippen LogP contribution in [0.15, 0.2) is 59.5 Å². The second-order valence-corrected chi connectivity index (χ2v) is 6.62. The van der Waals surface area contributed by atoms with Gasteiger partial charge >= 0.3 is 5.69 Å². The minimum Gasteiger partial charge on any atom is -0.346 e. The summed E-state index contributed by atoms with van der Waals surface area (Å²) >= 11 is 0. The van der Waals surface area contributed by atoms with Gasteiger partial charge in [-0.2, -0.15) is 0 Å². The number of rotatable bonds is 5. The average molecular weight is 378 g/mol. The highest BCUT2D eigenvalue weighted by molar-refractivity contribution is 5.94. The van der Waals surface area contributed by atoms with Crippen molar-refractivity contribution in [2.24, 2.45) is 0 Å². The van der Waals surface area contributed by atoms with Gasteiger partial charge in [0, 0.05) is 30.1 Å². The molecule has 7 nitrogen and oxygen atoms in total. The number of hydrogen-bond acceptors (Lipinski definition) is 3. The minimum absolute atomic E-state index is 0.148. The lowest BCUT2D eigenvalue weighted by Crippen LogP contribution is -2.26. The lowest BCUT2D eigenvalue weighted by atomic mass is 10.1. The minimum atomic E-state index is -0.240. The van der Waals surface area contributed by atoms with Gasteiger partial charge in [0.1, 0.15) is 0 Å². The van der Waals surface area contributed by atoms with Gasteiger partial charge in [-0.25, -0.2) is 4.79 Å².